The summed E-state index contributed by atoms with van der Waals surface area (Å²) >= 11 is 2.80. The molecule has 1 heterocycles. The van der Waals surface area contributed by atoms with Crippen molar-refractivity contribution >= 4 is 49.8 Å². The third-order valence-corrected chi connectivity index (χ3v) is 6.56. The van der Waals surface area contributed by atoms with Gasteiger partial charge >= 0.3 is 0 Å². The van der Waals surface area contributed by atoms with Gasteiger partial charge in [0.15, 0.2) is 4.34 Å². The maximum Gasteiger partial charge on any atom is 0.250 e. The molecule has 0 saturated carbocycles. The summed E-state index contributed by atoms with van der Waals surface area (Å²) in [5.41, 5.74) is 1.47. The van der Waals surface area contributed by atoms with Crippen molar-refractivity contribution in [2.24, 2.45) is 0 Å². The fraction of sp³-hybridized carbons (Fsp3) is 0.438. The Bertz CT molecular complexity index is 850. The van der Waals surface area contributed by atoms with Crippen LogP contribution in [0.4, 0.5) is 10.8 Å². The second-order valence-corrected chi connectivity index (χ2v) is 9.96. The number of thioether (sulfide) groups is 1. The lowest BCUT2D eigenvalue weighted by Crippen LogP contribution is -2.47. The number of hydrogen-bond acceptors (Lipinski definition) is 7. The number of aryl methyl sites for hydroxylation is 1. The van der Waals surface area contributed by atoms with Crippen molar-refractivity contribution in [3.05, 3.63) is 29.8 Å². The molecule has 0 aliphatic rings. The van der Waals surface area contributed by atoms with Crippen LogP contribution in [0.5, 0.6) is 0 Å². The SMILES string of the molecule is CCSc1nnc(NC(=O)[C@H](CC)N(c2ccc(C)cc2)S(C)(=O)=O)s1. The molecular formula is C16H22N4O3S3. The zero-order valence-electron chi connectivity index (χ0n) is 15.1. The summed E-state index contributed by atoms with van der Waals surface area (Å²) in [5, 5.41) is 11.0. The highest BCUT2D eigenvalue weighted by molar-refractivity contribution is 8.01. The standard InChI is InChI=1S/C16H22N4O3S3/c1-5-13(14(21)17-15-18-19-16(25-15)24-6-2)20(26(4,22)23)12-9-7-11(3)8-10-12/h7-10,13H,5-6H2,1-4H3,(H,17,18,21)/t13-/m0/s1. The molecule has 0 fully saturated rings. The number of sulfonamides is 1. The summed E-state index contributed by atoms with van der Waals surface area (Å²) in [7, 11) is -3.65. The van der Waals surface area contributed by atoms with E-state index in [0.717, 1.165) is 26.2 Å². The van der Waals surface area contributed by atoms with E-state index in [1.54, 1.807) is 19.1 Å². The van der Waals surface area contributed by atoms with Crippen molar-refractivity contribution in [2.75, 3.05) is 21.6 Å². The van der Waals surface area contributed by atoms with E-state index in [1.165, 1.54) is 23.1 Å². The van der Waals surface area contributed by atoms with Crippen molar-refractivity contribution in [3.8, 4) is 0 Å². The first-order chi connectivity index (χ1) is 12.3. The van der Waals surface area contributed by atoms with Gasteiger partial charge in [-0.15, -0.1) is 10.2 Å². The van der Waals surface area contributed by atoms with Crippen LogP contribution in [-0.2, 0) is 14.8 Å². The molecule has 7 nitrogen and oxygen atoms in total. The lowest BCUT2D eigenvalue weighted by Gasteiger charge is -2.29. The maximum atomic E-state index is 12.8. The molecule has 142 valence electrons. The van der Waals surface area contributed by atoms with Crippen LogP contribution >= 0.6 is 23.1 Å². The van der Waals surface area contributed by atoms with E-state index >= 15 is 0 Å². The molecule has 1 aromatic heterocycles. The van der Waals surface area contributed by atoms with Gasteiger partial charge in [0.1, 0.15) is 6.04 Å². The average molecular weight is 415 g/mol. The van der Waals surface area contributed by atoms with Gasteiger partial charge in [0.2, 0.25) is 21.1 Å². The largest absolute Gasteiger partial charge is 0.299 e. The van der Waals surface area contributed by atoms with E-state index in [1.807, 2.05) is 26.0 Å². The molecule has 1 amide bonds. The number of nitrogens with zero attached hydrogens (tertiary/aromatic N) is 3. The van der Waals surface area contributed by atoms with Gasteiger partial charge in [-0.1, -0.05) is 54.6 Å². The predicted octanol–water partition coefficient (Wildman–Crippen LogP) is 3.14. The molecule has 10 heteroatoms. The lowest BCUT2D eigenvalue weighted by atomic mass is 10.1. The Kier molecular flexibility index (Phi) is 7.01. The van der Waals surface area contributed by atoms with Crippen LogP contribution in [0.15, 0.2) is 28.6 Å². The number of anilines is 2. The number of carbonyl (C=O) groups excluding carboxylic acids is 1. The first-order valence-electron chi connectivity index (χ1n) is 8.09. The van der Waals surface area contributed by atoms with E-state index in [4.69, 9.17) is 0 Å². The molecule has 26 heavy (non-hydrogen) atoms. The van der Waals surface area contributed by atoms with Crippen LogP contribution in [0.1, 0.15) is 25.8 Å². The van der Waals surface area contributed by atoms with E-state index < -0.39 is 22.0 Å². The minimum absolute atomic E-state index is 0.322. The Morgan fingerprint density at radius 1 is 1.27 bits per heavy atom. The normalized spacial score (nSPS) is 12.6. The number of carbonyl (C=O) groups is 1. The van der Waals surface area contributed by atoms with E-state index in [9.17, 15) is 13.2 Å². The minimum Gasteiger partial charge on any atom is -0.299 e. The zero-order valence-corrected chi connectivity index (χ0v) is 17.5. The third-order valence-electron chi connectivity index (χ3n) is 3.52. The first kappa shape index (κ1) is 20.7. The number of hydrogen-bond donors (Lipinski definition) is 1. The van der Waals surface area contributed by atoms with Gasteiger partial charge in [-0.25, -0.2) is 8.42 Å². The highest BCUT2D eigenvalue weighted by Gasteiger charge is 2.32. The minimum atomic E-state index is -3.65. The molecular weight excluding hydrogens is 392 g/mol. The van der Waals surface area contributed by atoms with Crippen molar-refractivity contribution in [1.82, 2.24) is 10.2 Å². The third kappa shape index (κ3) is 5.18. The molecule has 1 N–H and O–H groups in total. The molecule has 0 spiro atoms. The Labute approximate surface area is 162 Å². The van der Waals surface area contributed by atoms with Gasteiger partial charge in [-0.3, -0.25) is 14.4 Å². The van der Waals surface area contributed by atoms with E-state index in [0.29, 0.717) is 17.2 Å². The maximum absolute atomic E-state index is 12.8. The Morgan fingerprint density at radius 2 is 1.92 bits per heavy atom. The summed E-state index contributed by atoms with van der Waals surface area (Å²) in [5.74, 6) is 0.429. The quantitative estimate of drug-likeness (QED) is 0.527. The van der Waals surface area contributed by atoms with Crippen LogP contribution in [0, 0.1) is 6.92 Å². The molecule has 0 aliphatic heterocycles. The first-order valence-corrected chi connectivity index (χ1v) is 11.7. The number of nitrogens with one attached hydrogen (secondary N) is 1. The van der Waals surface area contributed by atoms with E-state index in [2.05, 4.69) is 15.5 Å². The molecule has 0 bridgehead atoms. The molecule has 0 saturated heterocycles. The second-order valence-electron chi connectivity index (χ2n) is 5.61. The van der Waals surface area contributed by atoms with Crippen LogP contribution in [-0.4, -0.2) is 42.6 Å². The molecule has 0 radical (unpaired) electrons. The van der Waals surface area contributed by atoms with Crippen LogP contribution < -0.4 is 9.62 Å². The van der Waals surface area contributed by atoms with Gasteiger partial charge < -0.3 is 0 Å². The Hall–Kier alpha value is -1.65. The van der Waals surface area contributed by atoms with Crippen molar-refractivity contribution in [3.63, 3.8) is 0 Å². The molecule has 1 aromatic carbocycles. The zero-order chi connectivity index (χ0) is 19.3. The summed E-state index contributed by atoms with van der Waals surface area (Å²) in [4.78, 5) is 12.8. The highest BCUT2D eigenvalue weighted by atomic mass is 32.2. The lowest BCUT2D eigenvalue weighted by molar-refractivity contribution is -0.117. The monoisotopic (exact) mass is 414 g/mol. The molecule has 1 atom stereocenters. The smallest absolute Gasteiger partial charge is 0.250 e. The van der Waals surface area contributed by atoms with Crippen LogP contribution in [0.3, 0.4) is 0 Å². The molecule has 2 rings (SSSR count). The predicted molar refractivity (Wildman–Crippen MR) is 108 cm³/mol. The summed E-state index contributed by atoms with van der Waals surface area (Å²) in [6.07, 6.45) is 1.42. The molecule has 2 aromatic rings. The number of amides is 1. The van der Waals surface area contributed by atoms with Gasteiger partial charge in [0.05, 0.1) is 11.9 Å². The summed E-state index contributed by atoms with van der Waals surface area (Å²) in [6.45, 7) is 5.69. The van der Waals surface area contributed by atoms with Gasteiger partial charge in [-0.2, -0.15) is 0 Å². The fourth-order valence-corrected chi connectivity index (χ4v) is 5.25. The number of rotatable bonds is 8. The van der Waals surface area contributed by atoms with Gasteiger partial charge in [0.25, 0.3) is 0 Å². The second kappa shape index (κ2) is 8.83. The number of aromatic nitrogens is 2. The van der Waals surface area contributed by atoms with Crippen LogP contribution in [0.2, 0.25) is 0 Å². The highest BCUT2D eigenvalue weighted by Crippen LogP contribution is 2.27. The van der Waals surface area contributed by atoms with Crippen LogP contribution in [0.25, 0.3) is 0 Å². The van der Waals surface area contributed by atoms with E-state index in [-0.39, 0.29) is 0 Å². The van der Waals surface area contributed by atoms with Gasteiger partial charge in [-0.05, 0) is 31.2 Å². The van der Waals surface area contributed by atoms with Crippen molar-refractivity contribution in [1.29, 1.82) is 0 Å². The Balaban J connectivity index is 2.28. The average Bonchev–Trinajstić information content (AvgIpc) is 3.00. The van der Waals surface area contributed by atoms with Crippen molar-refractivity contribution in [2.45, 2.75) is 37.6 Å². The molecule has 0 aliphatic carbocycles. The summed E-state index contributed by atoms with van der Waals surface area (Å²) in [6, 6.07) is 6.16. The van der Waals surface area contributed by atoms with Gasteiger partial charge in [0, 0.05) is 0 Å². The fourth-order valence-electron chi connectivity index (χ4n) is 2.38. The topological polar surface area (TPSA) is 92.3 Å². The molecule has 0 unspecified atom stereocenters. The Morgan fingerprint density at radius 3 is 2.46 bits per heavy atom. The summed E-state index contributed by atoms with van der Waals surface area (Å²) < 4.78 is 26.7. The van der Waals surface area contributed by atoms with Crippen molar-refractivity contribution < 1.29 is 13.2 Å². The number of benzene rings is 1.